The largest absolute Gasteiger partial charge is 0.399 e. The third kappa shape index (κ3) is 3.39. The molecule has 0 aliphatic carbocycles. The molecule has 0 saturated heterocycles. The Kier molecular flexibility index (Phi) is 4.45. The Morgan fingerprint density at radius 3 is 2.45 bits per heavy atom. The smallest absolute Gasteiger partial charge is 0.252 e. The number of hydrogen-bond acceptors (Lipinski definition) is 2. The quantitative estimate of drug-likeness (QED) is 0.839. The summed E-state index contributed by atoms with van der Waals surface area (Å²) in [5.74, 6) is -0.0853. The number of aryl methyl sites for hydroxylation is 1. The molecule has 2 aromatic rings. The van der Waals surface area contributed by atoms with Crippen LogP contribution in [0.4, 0.5) is 5.69 Å². The van der Waals surface area contributed by atoms with Crippen molar-refractivity contribution in [3.05, 3.63) is 63.6 Å². The van der Waals surface area contributed by atoms with Crippen LogP contribution in [0.3, 0.4) is 0 Å². The van der Waals surface area contributed by atoms with Crippen molar-refractivity contribution in [1.82, 2.24) is 5.32 Å². The minimum Gasteiger partial charge on any atom is -0.399 e. The molecule has 20 heavy (non-hydrogen) atoms. The van der Waals surface area contributed by atoms with Crippen LogP contribution >= 0.6 is 15.9 Å². The van der Waals surface area contributed by atoms with Gasteiger partial charge in [-0.25, -0.2) is 0 Å². The van der Waals surface area contributed by atoms with Crippen LogP contribution in [0, 0.1) is 6.92 Å². The molecule has 0 spiro atoms. The Morgan fingerprint density at radius 1 is 1.20 bits per heavy atom. The highest BCUT2D eigenvalue weighted by molar-refractivity contribution is 9.10. The van der Waals surface area contributed by atoms with Crippen LogP contribution in [-0.4, -0.2) is 5.91 Å². The Labute approximate surface area is 127 Å². The summed E-state index contributed by atoms with van der Waals surface area (Å²) in [6.07, 6.45) is 0. The van der Waals surface area contributed by atoms with E-state index in [0.29, 0.717) is 11.3 Å². The summed E-state index contributed by atoms with van der Waals surface area (Å²) >= 11 is 3.40. The second-order valence-corrected chi connectivity index (χ2v) is 5.74. The van der Waals surface area contributed by atoms with E-state index in [-0.39, 0.29) is 11.9 Å². The Morgan fingerprint density at radius 2 is 1.85 bits per heavy atom. The maximum Gasteiger partial charge on any atom is 0.252 e. The zero-order valence-electron chi connectivity index (χ0n) is 11.5. The molecule has 0 aromatic heterocycles. The highest BCUT2D eigenvalue weighted by atomic mass is 79.9. The number of nitrogens with one attached hydrogen (secondary N) is 1. The Balaban J connectivity index is 2.13. The van der Waals surface area contributed by atoms with E-state index in [1.807, 2.05) is 38.1 Å². The zero-order valence-corrected chi connectivity index (χ0v) is 13.1. The summed E-state index contributed by atoms with van der Waals surface area (Å²) in [6, 6.07) is 13.2. The van der Waals surface area contributed by atoms with Crippen LogP contribution in [0.5, 0.6) is 0 Å². The molecular weight excluding hydrogens is 316 g/mol. The van der Waals surface area contributed by atoms with E-state index < -0.39 is 0 Å². The van der Waals surface area contributed by atoms with Crippen molar-refractivity contribution in [3.63, 3.8) is 0 Å². The number of halogens is 1. The lowest BCUT2D eigenvalue weighted by Gasteiger charge is -2.15. The van der Waals surface area contributed by atoms with Crippen molar-refractivity contribution < 1.29 is 4.79 Å². The van der Waals surface area contributed by atoms with E-state index in [9.17, 15) is 4.79 Å². The van der Waals surface area contributed by atoms with Crippen LogP contribution in [0.2, 0.25) is 0 Å². The Bertz CT molecular complexity index is 623. The van der Waals surface area contributed by atoms with Gasteiger partial charge < -0.3 is 11.1 Å². The number of anilines is 1. The highest BCUT2D eigenvalue weighted by Gasteiger charge is 2.13. The van der Waals surface area contributed by atoms with E-state index in [1.165, 1.54) is 0 Å². The number of nitrogens with two attached hydrogens (primary N) is 1. The van der Waals surface area contributed by atoms with Crippen molar-refractivity contribution >= 4 is 27.5 Å². The van der Waals surface area contributed by atoms with Gasteiger partial charge in [-0.1, -0.05) is 28.1 Å². The van der Waals surface area contributed by atoms with Crippen LogP contribution in [0.1, 0.15) is 34.5 Å². The molecule has 3 nitrogen and oxygen atoms in total. The summed E-state index contributed by atoms with van der Waals surface area (Å²) in [7, 11) is 0. The van der Waals surface area contributed by atoms with Crippen molar-refractivity contribution in [3.8, 4) is 0 Å². The van der Waals surface area contributed by atoms with Gasteiger partial charge in [0.25, 0.3) is 5.91 Å². The van der Waals surface area contributed by atoms with Gasteiger partial charge in [-0.15, -0.1) is 0 Å². The van der Waals surface area contributed by atoms with Gasteiger partial charge >= 0.3 is 0 Å². The normalized spacial score (nSPS) is 11.9. The van der Waals surface area contributed by atoms with E-state index in [0.717, 1.165) is 15.6 Å². The fraction of sp³-hybridized carbons (Fsp3) is 0.188. The lowest BCUT2D eigenvalue weighted by Crippen LogP contribution is -2.27. The third-order valence-electron chi connectivity index (χ3n) is 3.21. The van der Waals surface area contributed by atoms with Gasteiger partial charge in [-0.05, 0) is 55.3 Å². The van der Waals surface area contributed by atoms with Crippen LogP contribution < -0.4 is 11.1 Å². The van der Waals surface area contributed by atoms with E-state index >= 15 is 0 Å². The number of nitrogen functional groups attached to an aromatic ring is 1. The molecule has 2 aromatic carbocycles. The predicted molar refractivity (Wildman–Crippen MR) is 85.6 cm³/mol. The molecule has 104 valence electrons. The molecule has 3 N–H and O–H groups in total. The molecule has 0 aliphatic rings. The lowest BCUT2D eigenvalue weighted by molar-refractivity contribution is 0.0939. The summed E-state index contributed by atoms with van der Waals surface area (Å²) in [6.45, 7) is 3.85. The van der Waals surface area contributed by atoms with Gasteiger partial charge in [0.05, 0.1) is 6.04 Å². The monoisotopic (exact) mass is 332 g/mol. The third-order valence-corrected chi connectivity index (χ3v) is 3.74. The number of hydrogen-bond donors (Lipinski definition) is 2. The first kappa shape index (κ1) is 14.6. The van der Waals surface area contributed by atoms with Gasteiger partial charge in [0.15, 0.2) is 0 Å². The fourth-order valence-electron chi connectivity index (χ4n) is 2.05. The summed E-state index contributed by atoms with van der Waals surface area (Å²) in [5, 5.41) is 3.00. The molecule has 4 heteroatoms. The second-order valence-electron chi connectivity index (χ2n) is 4.82. The first-order valence-electron chi connectivity index (χ1n) is 6.40. The van der Waals surface area contributed by atoms with Crippen LogP contribution in [0.15, 0.2) is 46.9 Å². The van der Waals surface area contributed by atoms with Crippen LogP contribution in [-0.2, 0) is 0 Å². The van der Waals surface area contributed by atoms with Gasteiger partial charge in [0, 0.05) is 15.7 Å². The molecule has 0 radical (unpaired) electrons. The molecule has 0 saturated carbocycles. The molecule has 2 rings (SSSR count). The van der Waals surface area contributed by atoms with Gasteiger partial charge in [0.1, 0.15) is 0 Å². The minimum atomic E-state index is -0.0853. The second kappa shape index (κ2) is 6.09. The number of amides is 1. The number of benzene rings is 2. The molecule has 1 unspecified atom stereocenters. The SMILES string of the molecule is Cc1cc(N)ccc1C(=O)NC(C)c1ccc(Br)cc1. The molecule has 0 fully saturated rings. The topological polar surface area (TPSA) is 55.1 Å². The van der Waals surface area contributed by atoms with E-state index in [2.05, 4.69) is 21.2 Å². The summed E-state index contributed by atoms with van der Waals surface area (Å²) < 4.78 is 1.02. The summed E-state index contributed by atoms with van der Waals surface area (Å²) in [4.78, 5) is 12.3. The lowest BCUT2D eigenvalue weighted by atomic mass is 10.1. The molecule has 1 amide bonds. The average molecular weight is 333 g/mol. The summed E-state index contributed by atoms with van der Waals surface area (Å²) in [5.41, 5.74) is 8.96. The van der Waals surface area contributed by atoms with E-state index in [1.54, 1.807) is 18.2 Å². The highest BCUT2D eigenvalue weighted by Crippen LogP contribution is 2.18. The zero-order chi connectivity index (χ0) is 14.7. The van der Waals surface area contributed by atoms with E-state index in [4.69, 9.17) is 5.73 Å². The van der Waals surface area contributed by atoms with Gasteiger partial charge in [0.2, 0.25) is 0 Å². The van der Waals surface area contributed by atoms with Gasteiger partial charge in [-0.3, -0.25) is 4.79 Å². The predicted octanol–water partition coefficient (Wildman–Crippen LogP) is 3.83. The van der Waals surface area contributed by atoms with Crippen molar-refractivity contribution in [2.45, 2.75) is 19.9 Å². The molecule has 1 atom stereocenters. The van der Waals surface area contributed by atoms with Crippen molar-refractivity contribution in [2.75, 3.05) is 5.73 Å². The van der Waals surface area contributed by atoms with Crippen molar-refractivity contribution in [2.24, 2.45) is 0 Å². The Hall–Kier alpha value is -1.81. The number of carbonyl (C=O) groups excluding carboxylic acids is 1. The first-order valence-corrected chi connectivity index (χ1v) is 7.19. The maximum absolute atomic E-state index is 12.3. The molecule has 0 aliphatic heterocycles. The number of rotatable bonds is 3. The van der Waals surface area contributed by atoms with Gasteiger partial charge in [-0.2, -0.15) is 0 Å². The molecule has 0 bridgehead atoms. The van der Waals surface area contributed by atoms with Crippen molar-refractivity contribution in [1.29, 1.82) is 0 Å². The standard InChI is InChI=1S/C16H17BrN2O/c1-10-9-14(18)7-8-15(10)16(20)19-11(2)12-3-5-13(17)6-4-12/h3-9,11H,18H2,1-2H3,(H,19,20). The van der Waals surface area contributed by atoms with Crippen LogP contribution in [0.25, 0.3) is 0 Å². The average Bonchev–Trinajstić information content (AvgIpc) is 2.39. The minimum absolute atomic E-state index is 0.0486. The first-order chi connectivity index (χ1) is 9.47. The molecular formula is C16H17BrN2O. The molecule has 0 heterocycles. The maximum atomic E-state index is 12.3. The fourth-order valence-corrected chi connectivity index (χ4v) is 2.32. The number of carbonyl (C=O) groups is 1.